The summed E-state index contributed by atoms with van der Waals surface area (Å²) in [4.78, 5) is 13.0. The van der Waals surface area contributed by atoms with Crippen LogP contribution in [0.3, 0.4) is 0 Å². The fourth-order valence-corrected chi connectivity index (χ4v) is 11.9. The van der Waals surface area contributed by atoms with Crippen LogP contribution in [0.25, 0.3) is 6.08 Å². The Morgan fingerprint density at radius 3 is 2.32 bits per heavy atom. The molecular formula is C39H56O2. The highest BCUT2D eigenvalue weighted by Gasteiger charge is 2.68. The van der Waals surface area contributed by atoms with Crippen LogP contribution in [-0.4, -0.2) is 12.1 Å². The van der Waals surface area contributed by atoms with Crippen molar-refractivity contribution in [2.45, 2.75) is 119 Å². The molecule has 2 heteroatoms. The molecule has 41 heavy (non-hydrogen) atoms. The molecule has 0 N–H and O–H groups in total. The van der Waals surface area contributed by atoms with Gasteiger partial charge in [-0.1, -0.05) is 97.4 Å². The van der Waals surface area contributed by atoms with E-state index in [1.165, 1.54) is 44.9 Å². The molecule has 1 aromatic rings. The number of carbonyl (C=O) groups excluding carboxylic acids is 1. The molecule has 4 fully saturated rings. The Morgan fingerprint density at radius 2 is 1.59 bits per heavy atom. The predicted octanol–water partition coefficient (Wildman–Crippen LogP) is 10.3. The van der Waals surface area contributed by atoms with Gasteiger partial charge in [0.15, 0.2) is 0 Å². The van der Waals surface area contributed by atoms with E-state index in [4.69, 9.17) is 4.74 Å². The number of esters is 1. The van der Waals surface area contributed by atoms with Gasteiger partial charge < -0.3 is 4.74 Å². The van der Waals surface area contributed by atoms with Gasteiger partial charge in [-0.3, -0.25) is 0 Å². The van der Waals surface area contributed by atoms with Crippen LogP contribution in [-0.2, 0) is 9.53 Å². The van der Waals surface area contributed by atoms with Crippen molar-refractivity contribution in [1.29, 1.82) is 0 Å². The van der Waals surface area contributed by atoms with E-state index in [1.807, 2.05) is 42.0 Å². The standard InChI is InChI=1S/C39H56O2/c1-26-18-21-36(5)24-25-38(7)29(34(36)27(26)2)15-16-31-37(6)22-20-32(35(3,4)30(37)19-23-39(31,38)8)41-33(40)17-14-28-12-10-9-11-13-28/h9-15,17,26-27,30-32,34H,16,18-25H2,1-8H3/b17-14+. The zero-order chi connectivity index (χ0) is 29.4. The second-order valence-electron chi connectivity index (χ2n) is 16.8. The molecule has 0 radical (unpaired) electrons. The molecule has 0 aliphatic heterocycles. The van der Waals surface area contributed by atoms with Crippen LogP contribution >= 0.6 is 0 Å². The smallest absolute Gasteiger partial charge is 0.331 e. The summed E-state index contributed by atoms with van der Waals surface area (Å²) in [6.45, 7) is 20.6. The summed E-state index contributed by atoms with van der Waals surface area (Å²) in [5.74, 6) is 3.43. The van der Waals surface area contributed by atoms with Crippen LogP contribution in [0.5, 0.6) is 0 Å². The molecule has 0 saturated heterocycles. The summed E-state index contributed by atoms with van der Waals surface area (Å²) >= 11 is 0. The number of rotatable bonds is 3. The maximum Gasteiger partial charge on any atom is 0.331 e. The van der Waals surface area contributed by atoms with Gasteiger partial charge in [-0.15, -0.1) is 0 Å². The van der Waals surface area contributed by atoms with Crippen LogP contribution in [0.2, 0.25) is 0 Å². The topological polar surface area (TPSA) is 26.3 Å². The van der Waals surface area contributed by atoms with Gasteiger partial charge in [0, 0.05) is 11.5 Å². The molecule has 2 nitrogen and oxygen atoms in total. The van der Waals surface area contributed by atoms with Gasteiger partial charge in [0.05, 0.1) is 0 Å². The molecule has 10 atom stereocenters. The zero-order valence-corrected chi connectivity index (χ0v) is 27.3. The summed E-state index contributed by atoms with van der Waals surface area (Å²) in [5, 5.41) is 0. The van der Waals surface area contributed by atoms with Crippen molar-refractivity contribution in [2.75, 3.05) is 0 Å². The van der Waals surface area contributed by atoms with Gasteiger partial charge in [0.25, 0.3) is 0 Å². The highest BCUT2D eigenvalue weighted by atomic mass is 16.5. The van der Waals surface area contributed by atoms with Gasteiger partial charge in [0.2, 0.25) is 0 Å². The lowest BCUT2D eigenvalue weighted by Crippen LogP contribution is -2.65. The first kappa shape index (κ1) is 29.3. The fraction of sp³-hybridized carbons (Fsp3) is 0.718. The summed E-state index contributed by atoms with van der Waals surface area (Å²) in [5.41, 5.74) is 4.25. The highest BCUT2D eigenvalue weighted by molar-refractivity contribution is 5.87. The first-order valence-corrected chi connectivity index (χ1v) is 16.9. The van der Waals surface area contributed by atoms with Gasteiger partial charge in [-0.05, 0) is 121 Å². The second kappa shape index (κ2) is 9.85. The van der Waals surface area contributed by atoms with Crippen molar-refractivity contribution in [3.8, 4) is 0 Å². The molecule has 5 aliphatic carbocycles. The molecule has 224 valence electrons. The van der Waals surface area contributed by atoms with E-state index in [-0.39, 0.29) is 22.9 Å². The summed E-state index contributed by atoms with van der Waals surface area (Å²) in [6.07, 6.45) is 17.8. The van der Waals surface area contributed by atoms with Crippen molar-refractivity contribution in [3.63, 3.8) is 0 Å². The van der Waals surface area contributed by atoms with Gasteiger partial charge in [-0.25, -0.2) is 4.79 Å². The number of hydrogen-bond donors (Lipinski definition) is 0. The zero-order valence-electron chi connectivity index (χ0n) is 27.3. The Bertz CT molecular complexity index is 1230. The molecular weight excluding hydrogens is 500 g/mol. The third-order valence-electron chi connectivity index (χ3n) is 14.8. The molecule has 6 rings (SSSR count). The monoisotopic (exact) mass is 556 g/mol. The minimum Gasteiger partial charge on any atom is -0.459 e. The molecule has 1 aromatic carbocycles. The van der Waals surface area contributed by atoms with Crippen molar-refractivity contribution >= 4 is 12.0 Å². The fourth-order valence-electron chi connectivity index (χ4n) is 11.9. The lowest BCUT2D eigenvalue weighted by atomic mass is 9.33. The predicted molar refractivity (Wildman–Crippen MR) is 170 cm³/mol. The van der Waals surface area contributed by atoms with E-state index in [0.717, 1.165) is 36.2 Å². The summed E-state index contributed by atoms with van der Waals surface area (Å²) < 4.78 is 6.24. The number of benzene rings is 1. The Morgan fingerprint density at radius 1 is 0.854 bits per heavy atom. The Kier molecular flexibility index (Phi) is 7.03. The Hall–Kier alpha value is -1.83. The second-order valence-corrected chi connectivity index (χ2v) is 16.8. The Balaban J connectivity index is 1.26. The number of allylic oxidation sites excluding steroid dienone is 2. The maximum absolute atomic E-state index is 13.0. The third kappa shape index (κ3) is 4.27. The SMILES string of the molecule is CC1CCC2(C)CCC3(C)C(=CCC4C5(C)CCC(OC(=O)/C=C/c6ccccc6)C(C)(C)C5CCC43C)C2C1C. The molecule has 4 saturated carbocycles. The molecule has 0 aromatic heterocycles. The Labute approximate surface area is 250 Å². The van der Waals surface area contributed by atoms with Gasteiger partial charge in [-0.2, -0.15) is 0 Å². The van der Waals surface area contributed by atoms with E-state index in [9.17, 15) is 4.79 Å². The van der Waals surface area contributed by atoms with Crippen molar-refractivity contribution in [2.24, 2.45) is 56.7 Å². The first-order chi connectivity index (χ1) is 19.3. The first-order valence-electron chi connectivity index (χ1n) is 16.9. The van der Waals surface area contributed by atoms with Crippen LogP contribution in [0, 0.1) is 56.7 Å². The molecule has 0 spiro atoms. The molecule has 10 unspecified atom stereocenters. The lowest BCUT2D eigenvalue weighted by Gasteiger charge is -2.71. The average Bonchev–Trinajstić information content (AvgIpc) is 2.93. The van der Waals surface area contributed by atoms with Gasteiger partial charge >= 0.3 is 5.97 Å². The molecule has 0 amide bonds. The largest absolute Gasteiger partial charge is 0.459 e. The summed E-state index contributed by atoms with van der Waals surface area (Å²) in [6, 6.07) is 10.0. The highest BCUT2D eigenvalue weighted by Crippen LogP contribution is 2.75. The van der Waals surface area contributed by atoms with Crippen LogP contribution in [0.1, 0.15) is 119 Å². The average molecular weight is 557 g/mol. The quantitative estimate of drug-likeness (QED) is 0.210. The van der Waals surface area contributed by atoms with Crippen molar-refractivity contribution in [3.05, 3.63) is 53.6 Å². The summed E-state index contributed by atoms with van der Waals surface area (Å²) in [7, 11) is 0. The number of ether oxygens (including phenoxy) is 1. The van der Waals surface area contributed by atoms with Crippen molar-refractivity contribution in [1.82, 2.24) is 0 Å². The van der Waals surface area contributed by atoms with E-state index in [1.54, 1.807) is 6.08 Å². The van der Waals surface area contributed by atoms with Crippen LogP contribution in [0.15, 0.2) is 48.1 Å². The van der Waals surface area contributed by atoms with Gasteiger partial charge in [0.1, 0.15) is 6.10 Å². The normalized spacial score (nSPS) is 46.9. The van der Waals surface area contributed by atoms with Crippen molar-refractivity contribution < 1.29 is 9.53 Å². The van der Waals surface area contributed by atoms with E-state index >= 15 is 0 Å². The number of hydrogen-bond acceptors (Lipinski definition) is 2. The number of carbonyl (C=O) groups is 1. The van der Waals surface area contributed by atoms with Crippen LogP contribution < -0.4 is 0 Å². The minimum atomic E-state index is -0.199. The van der Waals surface area contributed by atoms with Crippen LogP contribution in [0.4, 0.5) is 0 Å². The van der Waals surface area contributed by atoms with E-state index in [0.29, 0.717) is 28.1 Å². The maximum atomic E-state index is 13.0. The lowest BCUT2D eigenvalue weighted by molar-refractivity contribution is -0.211. The minimum absolute atomic E-state index is 0.0249. The van der Waals surface area contributed by atoms with E-state index in [2.05, 4.69) is 61.5 Å². The number of fused-ring (bicyclic) bond motifs is 7. The molecule has 5 aliphatic rings. The molecule has 0 heterocycles. The molecule has 0 bridgehead atoms. The van der Waals surface area contributed by atoms with E-state index < -0.39 is 0 Å². The third-order valence-corrected chi connectivity index (χ3v) is 14.8.